The molecule has 0 saturated heterocycles. The fourth-order valence-corrected chi connectivity index (χ4v) is 1.45. The van der Waals surface area contributed by atoms with Gasteiger partial charge in [-0.2, -0.15) is 5.26 Å². The van der Waals surface area contributed by atoms with Crippen LogP contribution < -0.4 is 4.74 Å². The van der Waals surface area contributed by atoms with Crippen molar-refractivity contribution in [3.05, 3.63) is 58.9 Å². The zero-order valence-corrected chi connectivity index (χ0v) is 9.69. The summed E-state index contributed by atoms with van der Waals surface area (Å²) in [6, 6.07) is 12.6. The molecule has 0 fully saturated rings. The van der Waals surface area contributed by atoms with Crippen LogP contribution in [0.25, 0.3) is 0 Å². The van der Waals surface area contributed by atoms with Crippen molar-refractivity contribution in [1.29, 1.82) is 5.26 Å². The Morgan fingerprint density at radius 1 is 1.24 bits per heavy atom. The molecule has 4 heteroatoms. The molecule has 3 nitrogen and oxygen atoms in total. The zero-order valence-electron chi connectivity index (χ0n) is 8.93. The number of halogens is 1. The number of ether oxygens (including phenoxy) is 1. The van der Waals surface area contributed by atoms with Crippen molar-refractivity contribution < 1.29 is 4.74 Å². The molecule has 0 spiro atoms. The molecule has 0 aliphatic heterocycles. The quantitative estimate of drug-likeness (QED) is 0.833. The molecule has 17 heavy (non-hydrogen) atoms. The van der Waals surface area contributed by atoms with Gasteiger partial charge in [0.05, 0.1) is 0 Å². The van der Waals surface area contributed by atoms with Crippen LogP contribution >= 0.6 is 11.6 Å². The lowest BCUT2D eigenvalue weighted by Gasteiger charge is -2.06. The second-order valence-electron chi connectivity index (χ2n) is 3.40. The summed E-state index contributed by atoms with van der Waals surface area (Å²) in [6.45, 7) is 0.402. The van der Waals surface area contributed by atoms with Crippen LogP contribution in [0.1, 0.15) is 11.3 Å². The van der Waals surface area contributed by atoms with Gasteiger partial charge in [0.15, 0.2) is 0 Å². The first-order chi connectivity index (χ1) is 8.28. The van der Waals surface area contributed by atoms with Crippen molar-refractivity contribution in [2.24, 2.45) is 0 Å². The van der Waals surface area contributed by atoms with E-state index >= 15 is 0 Å². The van der Waals surface area contributed by atoms with Crippen LogP contribution in [0.3, 0.4) is 0 Å². The average molecular weight is 245 g/mol. The summed E-state index contributed by atoms with van der Waals surface area (Å²) in [5.74, 6) is 0.740. The standard InChI is InChI=1S/C13H9ClN2O/c14-11-1-3-13(4-2-11)17-9-10-5-6-16-12(7-10)8-15/h1-7H,9H2. The van der Waals surface area contributed by atoms with Gasteiger partial charge >= 0.3 is 0 Å². The Labute approximate surface area is 104 Å². The summed E-state index contributed by atoms with van der Waals surface area (Å²) >= 11 is 5.77. The number of hydrogen-bond donors (Lipinski definition) is 0. The highest BCUT2D eigenvalue weighted by Gasteiger charge is 1.98. The molecule has 1 aromatic carbocycles. The molecule has 2 rings (SSSR count). The van der Waals surface area contributed by atoms with Gasteiger partial charge in [-0.25, -0.2) is 4.98 Å². The van der Waals surface area contributed by atoms with E-state index in [4.69, 9.17) is 21.6 Å². The topological polar surface area (TPSA) is 45.9 Å². The predicted molar refractivity (Wildman–Crippen MR) is 64.7 cm³/mol. The Hall–Kier alpha value is -2.05. The van der Waals surface area contributed by atoms with Crippen LogP contribution in [-0.2, 0) is 6.61 Å². The van der Waals surface area contributed by atoms with E-state index in [1.165, 1.54) is 0 Å². The molecule has 1 heterocycles. The highest BCUT2D eigenvalue weighted by molar-refractivity contribution is 6.30. The van der Waals surface area contributed by atoms with Gasteiger partial charge in [0.2, 0.25) is 0 Å². The fraction of sp³-hybridized carbons (Fsp3) is 0.0769. The lowest BCUT2D eigenvalue weighted by molar-refractivity contribution is 0.306. The summed E-state index contributed by atoms with van der Waals surface area (Å²) in [6.07, 6.45) is 1.60. The number of rotatable bonds is 3. The smallest absolute Gasteiger partial charge is 0.140 e. The zero-order chi connectivity index (χ0) is 12.1. The maximum atomic E-state index is 8.71. The molecule has 1 aromatic heterocycles. The SMILES string of the molecule is N#Cc1cc(COc2ccc(Cl)cc2)ccn1. The minimum absolute atomic E-state index is 0.391. The Morgan fingerprint density at radius 2 is 2.00 bits per heavy atom. The minimum atomic E-state index is 0.391. The molecule has 0 bridgehead atoms. The normalized spacial score (nSPS) is 9.65. The second kappa shape index (κ2) is 5.33. The van der Waals surface area contributed by atoms with E-state index < -0.39 is 0 Å². The molecule has 2 aromatic rings. The molecular formula is C13H9ClN2O. The third-order valence-electron chi connectivity index (χ3n) is 2.16. The van der Waals surface area contributed by atoms with E-state index in [1.54, 1.807) is 36.5 Å². The number of pyridine rings is 1. The molecule has 0 atom stereocenters. The summed E-state index contributed by atoms with van der Waals surface area (Å²) in [4.78, 5) is 3.89. The maximum Gasteiger partial charge on any atom is 0.140 e. The van der Waals surface area contributed by atoms with Gasteiger partial charge < -0.3 is 4.74 Å². The van der Waals surface area contributed by atoms with Crippen LogP contribution in [0.4, 0.5) is 0 Å². The lowest BCUT2D eigenvalue weighted by atomic mass is 10.2. The Morgan fingerprint density at radius 3 is 2.71 bits per heavy atom. The molecular weight excluding hydrogens is 236 g/mol. The molecule has 0 N–H and O–H groups in total. The molecule has 84 valence electrons. The Bertz CT molecular complexity index is 546. The predicted octanol–water partition coefficient (Wildman–Crippen LogP) is 3.19. The molecule has 0 aliphatic rings. The maximum absolute atomic E-state index is 8.71. The van der Waals surface area contributed by atoms with E-state index in [0.717, 1.165) is 11.3 Å². The molecule has 0 unspecified atom stereocenters. The molecule has 0 saturated carbocycles. The third-order valence-corrected chi connectivity index (χ3v) is 2.41. The Balaban J connectivity index is 2.02. The summed E-state index contributed by atoms with van der Waals surface area (Å²) < 4.78 is 5.55. The third kappa shape index (κ3) is 3.20. The van der Waals surface area contributed by atoms with Crippen LogP contribution in [0.2, 0.25) is 5.02 Å². The second-order valence-corrected chi connectivity index (χ2v) is 3.84. The summed E-state index contributed by atoms with van der Waals surface area (Å²) in [5.41, 5.74) is 1.30. The minimum Gasteiger partial charge on any atom is -0.489 e. The van der Waals surface area contributed by atoms with E-state index in [9.17, 15) is 0 Å². The van der Waals surface area contributed by atoms with E-state index in [2.05, 4.69) is 4.98 Å². The summed E-state index contributed by atoms with van der Waals surface area (Å²) in [7, 11) is 0. The number of nitriles is 1. The van der Waals surface area contributed by atoms with Crippen molar-refractivity contribution >= 4 is 11.6 Å². The Kier molecular flexibility index (Phi) is 3.59. The largest absolute Gasteiger partial charge is 0.489 e. The van der Waals surface area contributed by atoms with Crippen LogP contribution in [-0.4, -0.2) is 4.98 Å². The van der Waals surface area contributed by atoms with Gasteiger partial charge in [-0.3, -0.25) is 0 Å². The van der Waals surface area contributed by atoms with Crippen LogP contribution in [0, 0.1) is 11.3 Å². The molecule has 0 radical (unpaired) electrons. The highest BCUT2D eigenvalue weighted by atomic mass is 35.5. The molecule has 0 aliphatic carbocycles. The van der Waals surface area contributed by atoms with Gasteiger partial charge in [-0.15, -0.1) is 0 Å². The van der Waals surface area contributed by atoms with Crippen molar-refractivity contribution in [3.63, 3.8) is 0 Å². The van der Waals surface area contributed by atoms with Crippen molar-refractivity contribution in [2.75, 3.05) is 0 Å². The van der Waals surface area contributed by atoms with E-state index in [-0.39, 0.29) is 0 Å². The van der Waals surface area contributed by atoms with Crippen molar-refractivity contribution in [2.45, 2.75) is 6.61 Å². The average Bonchev–Trinajstić information content (AvgIpc) is 2.38. The summed E-state index contributed by atoms with van der Waals surface area (Å²) in [5, 5.41) is 9.38. The number of aromatic nitrogens is 1. The number of benzene rings is 1. The highest BCUT2D eigenvalue weighted by Crippen LogP contribution is 2.16. The van der Waals surface area contributed by atoms with Crippen molar-refractivity contribution in [1.82, 2.24) is 4.98 Å². The van der Waals surface area contributed by atoms with Gasteiger partial charge in [-0.05, 0) is 42.0 Å². The number of hydrogen-bond acceptors (Lipinski definition) is 3. The first-order valence-electron chi connectivity index (χ1n) is 5.01. The van der Waals surface area contributed by atoms with Gasteiger partial charge in [-0.1, -0.05) is 11.6 Å². The first kappa shape index (κ1) is 11.4. The lowest BCUT2D eigenvalue weighted by Crippen LogP contribution is -1.96. The molecule has 0 amide bonds. The van der Waals surface area contributed by atoms with Crippen molar-refractivity contribution in [3.8, 4) is 11.8 Å². The van der Waals surface area contributed by atoms with E-state index in [0.29, 0.717) is 17.3 Å². The number of nitrogens with zero attached hydrogens (tertiary/aromatic N) is 2. The van der Waals surface area contributed by atoms with Crippen LogP contribution in [0.15, 0.2) is 42.6 Å². The fourth-order valence-electron chi connectivity index (χ4n) is 1.32. The monoisotopic (exact) mass is 244 g/mol. The first-order valence-corrected chi connectivity index (χ1v) is 5.39. The van der Waals surface area contributed by atoms with Gasteiger partial charge in [0.1, 0.15) is 24.1 Å². The van der Waals surface area contributed by atoms with Crippen LogP contribution in [0.5, 0.6) is 5.75 Å². The van der Waals surface area contributed by atoms with Gasteiger partial charge in [0.25, 0.3) is 0 Å². The van der Waals surface area contributed by atoms with E-state index in [1.807, 2.05) is 12.1 Å². The van der Waals surface area contributed by atoms with Gasteiger partial charge in [0, 0.05) is 11.2 Å².